The fourth-order valence-corrected chi connectivity index (χ4v) is 1.33. The van der Waals surface area contributed by atoms with Crippen molar-refractivity contribution in [1.82, 2.24) is 19.5 Å². The van der Waals surface area contributed by atoms with Gasteiger partial charge in [-0.2, -0.15) is 0 Å². The number of aryl methyl sites for hydroxylation is 1. The number of nitrogens with zero attached hydrogens (tertiary/aromatic N) is 3. The minimum Gasteiger partial charge on any atom is -0.391 e. The summed E-state index contributed by atoms with van der Waals surface area (Å²) in [4.78, 5) is 22.3. The second-order valence-electron chi connectivity index (χ2n) is 3.63. The van der Waals surface area contributed by atoms with Crippen molar-refractivity contribution in [3.05, 3.63) is 30.6 Å². The fourth-order valence-electron chi connectivity index (χ4n) is 1.33. The maximum absolute atomic E-state index is 11.7. The molecule has 3 N–H and O–H groups in total. The summed E-state index contributed by atoms with van der Waals surface area (Å²) in [6.45, 7) is 0. The Morgan fingerprint density at radius 3 is 3.12 bits per heavy atom. The van der Waals surface area contributed by atoms with Gasteiger partial charge in [0.2, 0.25) is 0 Å². The summed E-state index contributed by atoms with van der Waals surface area (Å²) in [5.74, 6) is -0.520. The van der Waals surface area contributed by atoms with Crippen LogP contribution in [-0.4, -0.2) is 31.5 Å². The van der Waals surface area contributed by atoms with Gasteiger partial charge < -0.3 is 20.0 Å². The first-order chi connectivity index (χ1) is 8.16. The predicted octanol–water partition coefficient (Wildman–Crippen LogP) is -0.381. The summed E-state index contributed by atoms with van der Waals surface area (Å²) in [7, 11) is 1.73. The van der Waals surface area contributed by atoms with Crippen molar-refractivity contribution in [3.63, 3.8) is 0 Å². The third-order valence-electron chi connectivity index (χ3n) is 2.27. The van der Waals surface area contributed by atoms with Gasteiger partial charge in [-0.3, -0.25) is 0 Å². The molecule has 0 saturated carbocycles. The van der Waals surface area contributed by atoms with Crippen LogP contribution >= 0.6 is 0 Å². The number of nitrogens with two attached hydrogens (primary N) is 1. The molecule has 0 amide bonds. The lowest BCUT2D eigenvalue weighted by molar-refractivity contribution is -0.136. The van der Waals surface area contributed by atoms with Crippen LogP contribution < -0.4 is 10.5 Å². The van der Waals surface area contributed by atoms with E-state index in [0.717, 1.165) is 5.69 Å². The van der Waals surface area contributed by atoms with Gasteiger partial charge >= 0.3 is 12.0 Å². The van der Waals surface area contributed by atoms with E-state index < -0.39 is 12.0 Å². The smallest absolute Gasteiger partial charge is 0.331 e. The Hall–Kier alpha value is -2.15. The normalized spacial score (nSPS) is 12.4. The number of hydrogen-bond donors (Lipinski definition) is 2. The SMILES string of the molecule is Cn1ccnc1OC(=O)[C@@H](N)Cc1cnc[nH]1. The van der Waals surface area contributed by atoms with E-state index in [1.165, 1.54) is 6.33 Å². The Balaban J connectivity index is 1.94. The summed E-state index contributed by atoms with van der Waals surface area (Å²) in [5, 5.41) is 0. The van der Waals surface area contributed by atoms with Gasteiger partial charge in [0, 0.05) is 37.8 Å². The summed E-state index contributed by atoms with van der Waals surface area (Å²) >= 11 is 0. The molecule has 1 atom stereocenters. The third-order valence-corrected chi connectivity index (χ3v) is 2.27. The van der Waals surface area contributed by atoms with E-state index in [9.17, 15) is 4.79 Å². The summed E-state index contributed by atoms with van der Waals surface area (Å²) in [5.41, 5.74) is 6.50. The number of imidazole rings is 2. The molecular formula is C10H13N5O2. The van der Waals surface area contributed by atoms with Gasteiger partial charge in [-0.05, 0) is 0 Å². The van der Waals surface area contributed by atoms with Gasteiger partial charge in [-0.25, -0.2) is 14.8 Å². The molecule has 2 rings (SSSR count). The topological polar surface area (TPSA) is 98.8 Å². The number of H-pyrrole nitrogens is 1. The molecule has 17 heavy (non-hydrogen) atoms. The van der Waals surface area contributed by atoms with Crippen molar-refractivity contribution in [2.45, 2.75) is 12.5 Å². The van der Waals surface area contributed by atoms with E-state index in [0.29, 0.717) is 6.42 Å². The molecule has 0 aliphatic heterocycles. The number of carbonyl (C=O) groups excluding carboxylic acids is 1. The van der Waals surface area contributed by atoms with Crippen molar-refractivity contribution in [1.29, 1.82) is 0 Å². The quantitative estimate of drug-likeness (QED) is 0.704. The van der Waals surface area contributed by atoms with E-state index in [2.05, 4.69) is 15.0 Å². The average molecular weight is 235 g/mol. The van der Waals surface area contributed by atoms with Gasteiger partial charge in [0.1, 0.15) is 6.04 Å². The summed E-state index contributed by atoms with van der Waals surface area (Å²) in [6.07, 6.45) is 6.73. The van der Waals surface area contributed by atoms with Crippen LogP contribution in [0.3, 0.4) is 0 Å². The molecule has 0 spiro atoms. The number of ether oxygens (including phenoxy) is 1. The monoisotopic (exact) mass is 235 g/mol. The number of hydrogen-bond acceptors (Lipinski definition) is 5. The minimum atomic E-state index is -0.743. The summed E-state index contributed by atoms with van der Waals surface area (Å²) in [6, 6.07) is -0.512. The molecule has 0 radical (unpaired) electrons. The van der Waals surface area contributed by atoms with E-state index in [-0.39, 0.29) is 6.01 Å². The van der Waals surface area contributed by atoms with Gasteiger partial charge in [-0.15, -0.1) is 0 Å². The predicted molar refractivity (Wildman–Crippen MR) is 59.1 cm³/mol. The van der Waals surface area contributed by atoms with Crippen LogP contribution in [-0.2, 0) is 18.3 Å². The molecule has 0 aromatic carbocycles. The zero-order valence-electron chi connectivity index (χ0n) is 9.33. The minimum absolute atomic E-state index is 0.232. The first-order valence-corrected chi connectivity index (χ1v) is 5.08. The molecule has 0 aliphatic rings. The molecule has 2 aromatic rings. The highest BCUT2D eigenvalue weighted by molar-refractivity contribution is 5.77. The highest BCUT2D eigenvalue weighted by Gasteiger charge is 2.18. The fraction of sp³-hybridized carbons (Fsp3) is 0.300. The molecule has 7 heteroatoms. The van der Waals surface area contributed by atoms with Crippen molar-refractivity contribution < 1.29 is 9.53 Å². The standard InChI is InChI=1S/C10H13N5O2/c1-15-3-2-13-10(15)17-9(16)8(11)4-7-5-12-6-14-7/h2-3,5-6,8H,4,11H2,1H3,(H,12,14)/t8-/m0/s1. The number of aromatic amines is 1. The van der Waals surface area contributed by atoms with E-state index in [1.807, 2.05) is 0 Å². The number of rotatable bonds is 4. The summed E-state index contributed by atoms with van der Waals surface area (Å²) < 4.78 is 6.65. The zero-order valence-corrected chi connectivity index (χ0v) is 9.33. The Morgan fingerprint density at radius 2 is 2.53 bits per heavy atom. The Kier molecular flexibility index (Phi) is 3.20. The van der Waals surface area contributed by atoms with Crippen LogP contribution in [0.25, 0.3) is 0 Å². The molecule has 0 unspecified atom stereocenters. The lowest BCUT2D eigenvalue weighted by atomic mass is 10.2. The molecule has 2 heterocycles. The molecule has 90 valence electrons. The number of esters is 1. The molecule has 0 saturated heterocycles. The number of aromatic nitrogens is 4. The molecule has 0 aliphatic carbocycles. The largest absolute Gasteiger partial charge is 0.391 e. The Morgan fingerprint density at radius 1 is 1.71 bits per heavy atom. The van der Waals surface area contributed by atoms with Crippen molar-refractivity contribution >= 4 is 5.97 Å². The van der Waals surface area contributed by atoms with Gasteiger partial charge in [0.25, 0.3) is 0 Å². The second-order valence-corrected chi connectivity index (χ2v) is 3.63. The van der Waals surface area contributed by atoms with Crippen molar-refractivity contribution in [2.75, 3.05) is 0 Å². The van der Waals surface area contributed by atoms with Crippen LogP contribution in [0, 0.1) is 0 Å². The average Bonchev–Trinajstić information content (AvgIpc) is 2.91. The van der Waals surface area contributed by atoms with E-state index >= 15 is 0 Å². The number of nitrogens with one attached hydrogen (secondary N) is 1. The molecule has 0 fully saturated rings. The van der Waals surface area contributed by atoms with E-state index in [4.69, 9.17) is 10.5 Å². The van der Waals surface area contributed by atoms with Gasteiger partial charge in [0.05, 0.1) is 6.33 Å². The maximum atomic E-state index is 11.7. The Labute approximate surface area is 97.6 Å². The first kappa shape index (κ1) is 11.3. The lowest BCUT2D eigenvalue weighted by Crippen LogP contribution is -2.36. The van der Waals surface area contributed by atoms with Crippen LogP contribution in [0.1, 0.15) is 5.69 Å². The van der Waals surface area contributed by atoms with Crippen LogP contribution in [0.2, 0.25) is 0 Å². The lowest BCUT2D eigenvalue weighted by Gasteiger charge is -2.09. The molecule has 0 bridgehead atoms. The first-order valence-electron chi connectivity index (χ1n) is 5.08. The van der Waals surface area contributed by atoms with Gasteiger partial charge in [0.15, 0.2) is 0 Å². The maximum Gasteiger partial charge on any atom is 0.331 e. The highest BCUT2D eigenvalue weighted by Crippen LogP contribution is 2.06. The number of carbonyl (C=O) groups is 1. The third kappa shape index (κ3) is 2.70. The van der Waals surface area contributed by atoms with Crippen LogP contribution in [0.15, 0.2) is 24.9 Å². The van der Waals surface area contributed by atoms with E-state index in [1.54, 1.807) is 30.2 Å². The van der Waals surface area contributed by atoms with Crippen molar-refractivity contribution in [3.8, 4) is 6.01 Å². The molecule has 2 aromatic heterocycles. The zero-order chi connectivity index (χ0) is 12.3. The molecular weight excluding hydrogens is 222 g/mol. The van der Waals surface area contributed by atoms with Crippen LogP contribution in [0.5, 0.6) is 6.01 Å². The Bertz CT molecular complexity index is 491. The van der Waals surface area contributed by atoms with Gasteiger partial charge in [-0.1, -0.05) is 0 Å². The van der Waals surface area contributed by atoms with Crippen LogP contribution in [0.4, 0.5) is 0 Å². The highest BCUT2D eigenvalue weighted by atomic mass is 16.6. The van der Waals surface area contributed by atoms with Crippen molar-refractivity contribution in [2.24, 2.45) is 12.8 Å². The molecule has 7 nitrogen and oxygen atoms in total. The second kappa shape index (κ2) is 4.79.